The van der Waals surface area contributed by atoms with Crippen molar-refractivity contribution in [2.24, 2.45) is 0 Å². The summed E-state index contributed by atoms with van der Waals surface area (Å²) in [6.45, 7) is 3.56. The minimum atomic E-state index is -0.985. The zero-order valence-electron chi connectivity index (χ0n) is 20.5. The van der Waals surface area contributed by atoms with Gasteiger partial charge in [-0.3, -0.25) is 14.5 Å². The maximum absolute atomic E-state index is 13.7. The van der Waals surface area contributed by atoms with Crippen LogP contribution in [0.2, 0.25) is 0 Å². The van der Waals surface area contributed by atoms with Gasteiger partial charge in [0.1, 0.15) is 5.75 Å². The molecule has 9 heteroatoms. The molecule has 0 N–H and O–H groups in total. The van der Waals surface area contributed by atoms with Crippen LogP contribution < -0.4 is 9.64 Å². The van der Waals surface area contributed by atoms with Crippen molar-refractivity contribution >= 4 is 34.0 Å². The number of halogens is 2. The molecule has 0 saturated carbocycles. The summed E-state index contributed by atoms with van der Waals surface area (Å²) in [6, 6.07) is 10.5. The van der Waals surface area contributed by atoms with Gasteiger partial charge in [-0.05, 0) is 48.9 Å². The van der Waals surface area contributed by atoms with Gasteiger partial charge in [0.15, 0.2) is 23.4 Å². The first-order chi connectivity index (χ1) is 17.4. The Kier molecular flexibility index (Phi) is 10.4. The predicted molar refractivity (Wildman–Crippen MR) is 137 cm³/mol. The molecule has 1 heterocycles. The van der Waals surface area contributed by atoms with Gasteiger partial charge in [0.25, 0.3) is 5.91 Å². The summed E-state index contributed by atoms with van der Waals surface area (Å²) < 4.78 is 37.7. The quantitative estimate of drug-likeness (QED) is 0.180. The zero-order valence-corrected chi connectivity index (χ0v) is 21.3. The van der Waals surface area contributed by atoms with Crippen molar-refractivity contribution in [1.82, 2.24) is 4.98 Å². The van der Waals surface area contributed by atoms with E-state index in [1.54, 1.807) is 29.6 Å². The van der Waals surface area contributed by atoms with E-state index in [0.717, 1.165) is 36.3 Å². The summed E-state index contributed by atoms with van der Waals surface area (Å²) in [5, 5.41) is 1.94. The van der Waals surface area contributed by atoms with Gasteiger partial charge in [-0.25, -0.2) is 13.8 Å². The summed E-state index contributed by atoms with van der Waals surface area (Å²) in [4.78, 5) is 30.0. The van der Waals surface area contributed by atoms with Crippen LogP contribution >= 0.6 is 11.3 Å². The number of nitrogens with zero attached hydrogens (tertiary/aromatic N) is 2. The normalized spacial score (nSPS) is 10.8. The van der Waals surface area contributed by atoms with Crippen molar-refractivity contribution in [3.05, 3.63) is 59.5 Å². The number of amides is 1. The van der Waals surface area contributed by atoms with Crippen LogP contribution in [-0.4, -0.2) is 30.1 Å². The average molecular weight is 517 g/mol. The lowest BCUT2D eigenvalue weighted by atomic mass is 10.1. The van der Waals surface area contributed by atoms with Crippen LogP contribution in [0.5, 0.6) is 5.75 Å². The summed E-state index contributed by atoms with van der Waals surface area (Å²) in [6.07, 6.45) is 7.03. The van der Waals surface area contributed by atoms with Crippen molar-refractivity contribution in [3.8, 4) is 17.0 Å². The van der Waals surface area contributed by atoms with Crippen LogP contribution in [0.4, 0.5) is 19.6 Å². The van der Waals surface area contributed by atoms with Gasteiger partial charge in [-0.2, -0.15) is 0 Å². The van der Waals surface area contributed by atoms with Gasteiger partial charge in [-0.1, -0.05) is 39.0 Å². The van der Waals surface area contributed by atoms with E-state index in [1.165, 1.54) is 43.6 Å². The van der Waals surface area contributed by atoms with E-state index in [0.29, 0.717) is 34.4 Å². The predicted octanol–water partition coefficient (Wildman–Crippen LogP) is 7.06. The first-order valence-electron chi connectivity index (χ1n) is 12.0. The van der Waals surface area contributed by atoms with Gasteiger partial charge >= 0.3 is 5.97 Å². The Morgan fingerprint density at radius 2 is 1.69 bits per heavy atom. The molecule has 1 amide bonds. The maximum Gasteiger partial charge on any atom is 0.303 e. The summed E-state index contributed by atoms with van der Waals surface area (Å²) in [5.74, 6) is -2.34. The topological polar surface area (TPSA) is 68.7 Å². The van der Waals surface area contributed by atoms with Crippen LogP contribution in [0.25, 0.3) is 11.3 Å². The highest BCUT2D eigenvalue weighted by atomic mass is 32.1. The van der Waals surface area contributed by atoms with Gasteiger partial charge in [0.05, 0.1) is 18.0 Å². The summed E-state index contributed by atoms with van der Waals surface area (Å²) >= 11 is 1.16. The van der Waals surface area contributed by atoms with E-state index in [9.17, 15) is 18.4 Å². The molecule has 0 bridgehead atoms. The van der Waals surface area contributed by atoms with E-state index in [2.05, 4.69) is 11.9 Å². The fourth-order valence-electron chi connectivity index (χ4n) is 3.51. The number of unbranched alkanes of at least 4 members (excludes halogenated alkanes) is 5. The summed E-state index contributed by atoms with van der Waals surface area (Å²) in [7, 11) is 0. The molecular weight excluding hydrogens is 486 g/mol. The Bertz CT molecular complexity index is 1150. The number of thiazole rings is 1. The van der Waals surface area contributed by atoms with E-state index < -0.39 is 30.1 Å². The molecule has 0 aliphatic heterocycles. The number of anilines is 2. The Morgan fingerprint density at radius 1 is 0.972 bits per heavy atom. The molecule has 0 unspecified atom stereocenters. The highest BCUT2D eigenvalue weighted by Gasteiger charge is 2.23. The van der Waals surface area contributed by atoms with Crippen LogP contribution in [0.1, 0.15) is 52.4 Å². The van der Waals surface area contributed by atoms with E-state index in [-0.39, 0.29) is 0 Å². The lowest BCUT2D eigenvalue weighted by Crippen LogP contribution is -2.30. The van der Waals surface area contributed by atoms with Gasteiger partial charge < -0.3 is 9.47 Å². The molecule has 3 rings (SSSR count). The highest BCUT2D eigenvalue weighted by molar-refractivity contribution is 7.14. The monoisotopic (exact) mass is 516 g/mol. The highest BCUT2D eigenvalue weighted by Crippen LogP contribution is 2.33. The molecule has 3 aromatic rings. The van der Waals surface area contributed by atoms with Crippen LogP contribution in [-0.2, 0) is 14.3 Å². The van der Waals surface area contributed by atoms with Crippen LogP contribution in [0, 0.1) is 11.6 Å². The third-order valence-corrected chi connectivity index (χ3v) is 6.23. The minimum absolute atomic E-state index is 0.299. The number of hydrogen-bond acceptors (Lipinski definition) is 6. The first kappa shape index (κ1) is 27.3. The Balaban J connectivity index is 1.73. The smallest absolute Gasteiger partial charge is 0.303 e. The number of benzene rings is 2. The second-order valence-corrected chi connectivity index (χ2v) is 9.10. The van der Waals surface area contributed by atoms with E-state index >= 15 is 0 Å². The molecule has 2 aromatic carbocycles. The molecule has 0 radical (unpaired) electrons. The third kappa shape index (κ3) is 7.84. The molecule has 0 fully saturated rings. The molecular formula is C27H30F2N2O4S. The fraction of sp³-hybridized carbons (Fsp3) is 0.370. The van der Waals surface area contributed by atoms with Crippen molar-refractivity contribution in [2.45, 2.75) is 52.4 Å². The van der Waals surface area contributed by atoms with Crippen molar-refractivity contribution in [1.29, 1.82) is 0 Å². The molecule has 0 aliphatic rings. The van der Waals surface area contributed by atoms with Gasteiger partial charge in [0, 0.05) is 17.9 Å². The van der Waals surface area contributed by atoms with Crippen molar-refractivity contribution in [2.75, 3.05) is 18.1 Å². The molecule has 6 nitrogen and oxygen atoms in total. The molecule has 192 valence electrons. The molecule has 0 atom stereocenters. The fourth-order valence-corrected chi connectivity index (χ4v) is 4.38. The number of hydrogen-bond donors (Lipinski definition) is 0. The van der Waals surface area contributed by atoms with E-state index in [4.69, 9.17) is 9.47 Å². The van der Waals surface area contributed by atoms with Crippen LogP contribution in [0.3, 0.4) is 0 Å². The molecule has 1 aromatic heterocycles. The lowest BCUT2D eigenvalue weighted by Gasteiger charge is -2.20. The number of ether oxygens (including phenoxy) is 2. The minimum Gasteiger partial charge on any atom is -0.494 e. The molecule has 36 heavy (non-hydrogen) atoms. The number of carbonyl (C=O) groups excluding carboxylic acids is 2. The second kappa shape index (κ2) is 13.7. The van der Waals surface area contributed by atoms with E-state index in [1.807, 2.05) is 0 Å². The average Bonchev–Trinajstić information content (AvgIpc) is 3.34. The van der Waals surface area contributed by atoms with Gasteiger partial charge in [-0.15, -0.1) is 11.3 Å². The van der Waals surface area contributed by atoms with Crippen LogP contribution in [0.15, 0.2) is 47.8 Å². The standard InChI is InChI=1S/C27H30F2N2O4S/c1-3-4-5-6-7-8-15-34-22-12-10-21(11-13-22)31(26(33)17-35-19(2)32)27-30-25(18-36-27)20-9-14-23(28)24(29)16-20/h9-14,16,18H,3-8,15,17H2,1-2H3. The molecule has 0 aliphatic carbocycles. The molecule has 0 spiro atoms. The number of esters is 1. The van der Waals surface area contributed by atoms with Crippen molar-refractivity contribution < 1.29 is 27.8 Å². The Hall–Kier alpha value is -3.33. The maximum atomic E-state index is 13.7. The zero-order chi connectivity index (χ0) is 25.9. The molecule has 0 saturated heterocycles. The summed E-state index contributed by atoms with van der Waals surface area (Å²) in [5.41, 5.74) is 1.27. The SMILES string of the molecule is CCCCCCCCOc1ccc(N(C(=O)COC(C)=O)c2nc(-c3ccc(F)c(F)c3)cs2)cc1. The number of aromatic nitrogens is 1. The van der Waals surface area contributed by atoms with Gasteiger partial charge in [0.2, 0.25) is 0 Å². The van der Waals surface area contributed by atoms with Crippen molar-refractivity contribution in [3.63, 3.8) is 0 Å². The largest absolute Gasteiger partial charge is 0.494 e. The number of rotatable bonds is 13. The second-order valence-electron chi connectivity index (χ2n) is 8.26. The Morgan fingerprint density at radius 3 is 2.39 bits per heavy atom. The third-order valence-electron chi connectivity index (χ3n) is 5.41. The lowest BCUT2D eigenvalue weighted by molar-refractivity contribution is -0.145. The Labute approximate surface area is 213 Å². The first-order valence-corrected chi connectivity index (χ1v) is 12.9. The number of carbonyl (C=O) groups is 2.